The average molecular weight is 451 g/mol. The lowest BCUT2D eigenvalue weighted by Crippen LogP contribution is -2.65. The molecular formula is C23H27N5OP2. The Morgan fingerprint density at radius 2 is 1.61 bits per heavy atom. The van der Waals surface area contributed by atoms with Gasteiger partial charge in [0, 0.05) is 47.4 Å². The molecule has 1 aromatic carbocycles. The van der Waals surface area contributed by atoms with Gasteiger partial charge in [-0.15, -0.1) is 18.5 Å². The van der Waals surface area contributed by atoms with E-state index in [1.807, 2.05) is 0 Å². The highest BCUT2D eigenvalue weighted by Gasteiger charge is 2.56. The summed E-state index contributed by atoms with van der Waals surface area (Å²) in [6.07, 6.45) is 7.04. The van der Waals surface area contributed by atoms with Crippen LogP contribution in [0.2, 0.25) is 0 Å². The molecule has 3 aromatic rings. The van der Waals surface area contributed by atoms with Crippen LogP contribution in [0.1, 0.15) is 30.9 Å². The Hall–Kier alpha value is -2.16. The van der Waals surface area contributed by atoms with E-state index in [2.05, 4.69) is 69.6 Å². The molecule has 6 nitrogen and oxygen atoms in total. The fourth-order valence-electron chi connectivity index (χ4n) is 4.86. The third-order valence-corrected chi connectivity index (χ3v) is 7.12. The average Bonchev–Trinajstić information content (AvgIpc) is 2.72. The molecule has 2 unspecified atom stereocenters. The summed E-state index contributed by atoms with van der Waals surface area (Å²) < 4.78 is 1.50. The molecule has 0 bridgehead atoms. The first-order valence-corrected chi connectivity index (χ1v) is 11.8. The summed E-state index contributed by atoms with van der Waals surface area (Å²) in [6.45, 7) is 4.62. The molecule has 31 heavy (non-hydrogen) atoms. The van der Waals surface area contributed by atoms with Gasteiger partial charge >= 0.3 is 0 Å². The van der Waals surface area contributed by atoms with Crippen molar-refractivity contribution < 1.29 is 0 Å². The van der Waals surface area contributed by atoms with Gasteiger partial charge in [0.2, 0.25) is 5.95 Å². The molecule has 5 rings (SSSR count). The maximum absolute atomic E-state index is 12.3. The summed E-state index contributed by atoms with van der Waals surface area (Å²) in [7, 11) is 5.90. The van der Waals surface area contributed by atoms with Gasteiger partial charge < -0.3 is 4.90 Å². The standard InChI is InChI=1S/C23H27N5OP2/c1-2-16-3-5-17(6-4-16)11-28-20(29)8-7-19(26-28)18-9-24-21(25-10-18)27-14-22(15-27)12-23(30,31)13-22/h3-10H,2,11-15,30-31H2,1H3. The lowest BCUT2D eigenvalue weighted by Gasteiger charge is -2.62. The highest BCUT2D eigenvalue weighted by atomic mass is 31.1. The second-order valence-electron chi connectivity index (χ2n) is 9.10. The molecule has 160 valence electrons. The quantitative estimate of drug-likeness (QED) is 0.557. The second-order valence-corrected chi connectivity index (χ2v) is 12.1. The first-order chi connectivity index (χ1) is 14.8. The van der Waals surface area contributed by atoms with Crippen LogP contribution in [-0.2, 0) is 13.0 Å². The van der Waals surface area contributed by atoms with Crippen LogP contribution in [0, 0.1) is 5.41 Å². The molecule has 1 aliphatic carbocycles. The Morgan fingerprint density at radius 3 is 2.23 bits per heavy atom. The first-order valence-electron chi connectivity index (χ1n) is 10.7. The van der Waals surface area contributed by atoms with E-state index in [1.165, 1.54) is 23.1 Å². The molecule has 1 saturated heterocycles. The molecule has 1 spiro atoms. The molecule has 8 heteroatoms. The number of aryl methyl sites for hydroxylation is 1. The molecule has 1 aliphatic heterocycles. The van der Waals surface area contributed by atoms with Crippen LogP contribution >= 0.6 is 18.5 Å². The number of rotatable bonds is 5. The van der Waals surface area contributed by atoms with E-state index in [-0.39, 0.29) is 5.56 Å². The molecule has 3 heterocycles. The second kappa shape index (κ2) is 7.76. The molecule has 2 fully saturated rings. The number of hydrogen-bond donors (Lipinski definition) is 0. The van der Waals surface area contributed by atoms with E-state index >= 15 is 0 Å². The zero-order valence-corrected chi connectivity index (χ0v) is 20.0. The summed E-state index contributed by atoms with van der Waals surface area (Å²) in [6, 6.07) is 11.6. The molecule has 2 atom stereocenters. The summed E-state index contributed by atoms with van der Waals surface area (Å²) in [5, 5.41) is 4.56. The zero-order valence-electron chi connectivity index (χ0n) is 17.7. The van der Waals surface area contributed by atoms with Gasteiger partial charge in [-0.05, 0) is 36.5 Å². The maximum Gasteiger partial charge on any atom is 0.267 e. The fourth-order valence-corrected chi connectivity index (χ4v) is 6.59. The Bertz CT molecular complexity index is 1140. The van der Waals surface area contributed by atoms with Crippen LogP contribution in [0.3, 0.4) is 0 Å². The molecule has 0 amide bonds. The van der Waals surface area contributed by atoms with Crippen molar-refractivity contribution in [1.82, 2.24) is 19.7 Å². The van der Waals surface area contributed by atoms with Gasteiger partial charge in [-0.1, -0.05) is 31.2 Å². The Balaban J connectivity index is 1.29. The molecule has 1 saturated carbocycles. The van der Waals surface area contributed by atoms with Gasteiger partial charge in [0.1, 0.15) is 0 Å². The minimum Gasteiger partial charge on any atom is -0.340 e. The Morgan fingerprint density at radius 1 is 0.968 bits per heavy atom. The van der Waals surface area contributed by atoms with E-state index < -0.39 is 0 Å². The molecule has 2 aromatic heterocycles. The van der Waals surface area contributed by atoms with Crippen molar-refractivity contribution in [2.24, 2.45) is 5.41 Å². The smallest absolute Gasteiger partial charge is 0.267 e. The summed E-state index contributed by atoms with van der Waals surface area (Å²) in [5.74, 6) is 0.767. The third kappa shape index (κ3) is 4.16. The highest BCUT2D eigenvalue weighted by Crippen LogP contribution is 2.61. The van der Waals surface area contributed by atoms with Crippen molar-refractivity contribution in [2.45, 2.75) is 37.6 Å². The van der Waals surface area contributed by atoms with Crippen molar-refractivity contribution in [3.05, 3.63) is 70.3 Å². The minimum atomic E-state index is -0.119. The van der Waals surface area contributed by atoms with Gasteiger partial charge in [0.15, 0.2) is 0 Å². The monoisotopic (exact) mass is 451 g/mol. The zero-order chi connectivity index (χ0) is 21.6. The van der Waals surface area contributed by atoms with Crippen LogP contribution in [0.5, 0.6) is 0 Å². The normalized spacial score (nSPS) is 18.5. The van der Waals surface area contributed by atoms with Gasteiger partial charge in [-0.2, -0.15) is 5.10 Å². The van der Waals surface area contributed by atoms with Crippen molar-refractivity contribution in [3.63, 3.8) is 0 Å². The molecule has 0 N–H and O–H groups in total. The van der Waals surface area contributed by atoms with Gasteiger partial charge in [-0.3, -0.25) is 4.79 Å². The minimum absolute atomic E-state index is 0.119. The van der Waals surface area contributed by atoms with Crippen LogP contribution in [0.4, 0.5) is 5.95 Å². The number of anilines is 1. The predicted molar refractivity (Wildman–Crippen MR) is 130 cm³/mol. The summed E-state index contributed by atoms with van der Waals surface area (Å²) in [5.41, 5.74) is 4.17. The molecule has 0 radical (unpaired) electrons. The number of nitrogens with zero attached hydrogens (tertiary/aromatic N) is 5. The lowest BCUT2D eigenvalue weighted by molar-refractivity contribution is 0.0826. The lowest BCUT2D eigenvalue weighted by atomic mass is 9.63. The SMILES string of the molecule is CCc1ccc(Cn2nc(-c3cnc(N4CC5(C4)CC(P)(P)C5)nc3)ccc2=O)cc1. The molecule has 2 aliphatic rings. The van der Waals surface area contributed by atoms with Gasteiger partial charge in [0.25, 0.3) is 5.56 Å². The van der Waals surface area contributed by atoms with E-state index in [4.69, 9.17) is 0 Å². The Labute approximate surface area is 186 Å². The van der Waals surface area contributed by atoms with Crippen molar-refractivity contribution >= 4 is 24.4 Å². The van der Waals surface area contributed by atoms with Crippen LogP contribution in [0.15, 0.2) is 53.6 Å². The highest BCUT2D eigenvalue weighted by molar-refractivity contribution is 7.40. The van der Waals surface area contributed by atoms with Gasteiger partial charge in [-0.25, -0.2) is 14.6 Å². The summed E-state index contributed by atoms with van der Waals surface area (Å²) in [4.78, 5) is 24.0. The number of hydrogen-bond acceptors (Lipinski definition) is 5. The summed E-state index contributed by atoms with van der Waals surface area (Å²) >= 11 is 0. The maximum atomic E-state index is 12.3. The van der Waals surface area contributed by atoms with Crippen LogP contribution < -0.4 is 10.5 Å². The van der Waals surface area contributed by atoms with Crippen molar-refractivity contribution in [1.29, 1.82) is 0 Å². The number of benzene rings is 1. The van der Waals surface area contributed by atoms with Crippen LogP contribution in [-0.4, -0.2) is 37.7 Å². The van der Waals surface area contributed by atoms with E-state index in [0.717, 1.165) is 36.6 Å². The van der Waals surface area contributed by atoms with E-state index in [9.17, 15) is 4.79 Å². The van der Waals surface area contributed by atoms with E-state index in [1.54, 1.807) is 24.5 Å². The van der Waals surface area contributed by atoms with Gasteiger partial charge in [0.05, 0.1) is 12.2 Å². The number of aromatic nitrogens is 4. The first kappa shape index (κ1) is 20.7. The third-order valence-electron chi connectivity index (χ3n) is 6.31. The Kier molecular flexibility index (Phi) is 5.19. The van der Waals surface area contributed by atoms with Crippen molar-refractivity contribution in [3.8, 4) is 11.3 Å². The van der Waals surface area contributed by atoms with Crippen molar-refractivity contribution in [2.75, 3.05) is 18.0 Å². The largest absolute Gasteiger partial charge is 0.340 e. The molecular weight excluding hydrogens is 424 g/mol. The topological polar surface area (TPSA) is 63.9 Å². The van der Waals surface area contributed by atoms with Crippen LogP contribution in [0.25, 0.3) is 11.3 Å². The van der Waals surface area contributed by atoms with E-state index in [0.29, 0.717) is 22.6 Å². The fraction of sp³-hybridized carbons (Fsp3) is 0.391. The predicted octanol–water partition coefficient (Wildman–Crippen LogP) is 3.36.